The molecule has 0 bridgehead atoms. The predicted molar refractivity (Wildman–Crippen MR) is 120 cm³/mol. The van der Waals surface area contributed by atoms with Crippen LogP contribution >= 0.6 is 34.7 Å². The number of hydrogen-bond acceptors (Lipinski definition) is 6. The molecule has 9 heteroatoms. The van der Waals surface area contributed by atoms with Crippen LogP contribution in [0.25, 0.3) is 21.5 Å². The van der Waals surface area contributed by atoms with Crippen molar-refractivity contribution in [3.05, 3.63) is 53.0 Å². The molecule has 0 atom stereocenters. The molecular formula is C20H18ClN5OS2. The van der Waals surface area contributed by atoms with Gasteiger partial charge in [-0.25, -0.2) is 4.98 Å². The zero-order valence-electron chi connectivity index (χ0n) is 15.8. The van der Waals surface area contributed by atoms with Gasteiger partial charge in [0.25, 0.3) is 0 Å². The number of halogens is 1. The highest BCUT2D eigenvalue weighted by Gasteiger charge is 2.20. The molecular weight excluding hydrogens is 426 g/mol. The molecule has 3 aromatic heterocycles. The maximum absolute atomic E-state index is 12.3. The Bertz CT molecular complexity index is 1150. The van der Waals surface area contributed by atoms with Crippen molar-refractivity contribution in [1.82, 2.24) is 19.7 Å². The number of nitrogens with one attached hydrogen (secondary N) is 1. The molecule has 0 saturated heterocycles. The number of anilines is 1. The zero-order valence-corrected chi connectivity index (χ0v) is 18.2. The van der Waals surface area contributed by atoms with E-state index >= 15 is 0 Å². The Labute approximate surface area is 181 Å². The molecule has 0 aliphatic rings. The van der Waals surface area contributed by atoms with E-state index in [1.165, 1.54) is 22.7 Å². The number of pyridine rings is 1. The number of hydrogen-bond donors (Lipinski definition) is 1. The van der Waals surface area contributed by atoms with Crippen LogP contribution in [-0.2, 0) is 4.79 Å². The number of rotatable bonds is 6. The third kappa shape index (κ3) is 4.29. The van der Waals surface area contributed by atoms with Crippen molar-refractivity contribution < 1.29 is 4.79 Å². The molecule has 1 N–H and O–H groups in total. The Morgan fingerprint density at radius 1 is 1.24 bits per heavy atom. The first-order valence-corrected chi connectivity index (χ1v) is 11.2. The maximum atomic E-state index is 12.3. The van der Waals surface area contributed by atoms with Crippen molar-refractivity contribution in [2.75, 3.05) is 11.1 Å². The molecule has 4 aromatic rings. The Balaban J connectivity index is 1.54. The summed E-state index contributed by atoms with van der Waals surface area (Å²) in [5.74, 6) is 1.33. The molecule has 4 rings (SSSR count). The molecule has 3 heterocycles. The molecule has 1 amide bonds. The Hall–Kier alpha value is -2.42. The van der Waals surface area contributed by atoms with Gasteiger partial charge < -0.3 is 5.32 Å². The van der Waals surface area contributed by atoms with Gasteiger partial charge in [0, 0.05) is 33.3 Å². The van der Waals surface area contributed by atoms with E-state index in [1.807, 2.05) is 12.1 Å². The standard InChI is InChI=1S/C20H18ClN5OS2/c1-12(2)26-19(15-10-28-16-6-4-3-5-14(15)16)24-25-20(26)29-11-18(27)23-17-8-7-13(21)9-22-17/h3-10,12H,11H2,1-2H3,(H,22,23,27). The molecule has 1 aromatic carbocycles. The minimum Gasteiger partial charge on any atom is -0.310 e. The average molecular weight is 444 g/mol. The highest BCUT2D eigenvalue weighted by molar-refractivity contribution is 7.99. The monoisotopic (exact) mass is 443 g/mol. The SMILES string of the molecule is CC(C)n1c(SCC(=O)Nc2ccc(Cl)cn2)nnc1-c1csc2ccccc12. The first-order valence-electron chi connectivity index (χ1n) is 8.98. The largest absolute Gasteiger partial charge is 0.310 e. The van der Waals surface area contributed by atoms with Crippen LogP contribution in [0, 0.1) is 0 Å². The van der Waals surface area contributed by atoms with Crippen molar-refractivity contribution in [2.24, 2.45) is 0 Å². The van der Waals surface area contributed by atoms with E-state index in [2.05, 4.69) is 56.4 Å². The van der Waals surface area contributed by atoms with Crippen molar-refractivity contribution in [3.8, 4) is 11.4 Å². The van der Waals surface area contributed by atoms with Gasteiger partial charge in [0.05, 0.1) is 10.8 Å². The van der Waals surface area contributed by atoms with E-state index in [0.717, 1.165) is 16.8 Å². The van der Waals surface area contributed by atoms with Crippen LogP contribution in [0.2, 0.25) is 5.02 Å². The molecule has 0 saturated carbocycles. The van der Waals surface area contributed by atoms with Crippen LogP contribution in [0.4, 0.5) is 5.82 Å². The minimum absolute atomic E-state index is 0.155. The molecule has 0 fully saturated rings. The van der Waals surface area contributed by atoms with Crippen LogP contribution in [0.1, 0.15) is 19.9 Å². The fraction of sp³-hybridized carbons (Fsp3) is 0.200. The first kappa shape index (κ1) is 19.9. The molecule has 0 aliphatic carbocycles. The second kappa shape index (κ2) is 8.52. The van der Waals surface area contributed by atoms with Crippen LogP contribution < -0.4 is 5.32 Å². The van der Waals surface area contributed by atoms with Gasteiger partial charge in [-0.3, -0.25) is 9.36 Å². The number of thiophene rings is 1. The van der Waals surface area contributed by atoms with Crippen molar-refractivity contribution in [2.45, 2.75) is 25.0 Å². The molecule has 0 spiro atoms. The summed E-state index contributed by atoms with van der Waals surface area (Å²) in [7, 11) is 0. The number of thioether (sulfide) groups is 1. The predicted octanol–water partition coefficient (Wildman–Crippen LogP) is 5.52. The maximum Gasteiger partial charge on any atom is 0.236 e. The summed E-state index contributed by atoms with van der Waals surface area (Å²) in [6.07, 6.45) is 1.50. The number of amides is 1. The van der Waals surface area contributed by atoms with Crippen LogP contribution in [0.3, 0.4) is 0 Å². The highest BCUT2D eigenvalue weighted by atomic mass is 35.5. The summed E-state index contributed by atoms with van der Waals surface area (Å²) in [4.78, 5) is 16.4. The van der Waals surface area contributed by atoms with Gasteiger partial charge in [-0.05, 0) is 32.0 Å². The average Bonchev–Trinajstić information content (AvgIpc) is 3.32. The highest BCUT2D eigenvalue weighted by Crippen LogP contribution is 2.35. The summed E-state index contributed by atoms with van der Waals surface area (Å²) < 4.78 is 3.29. The lowest BCUT2D eigenvalue weighted by Gasteiger charge is -2.13. The van der Waals surface area contributed by atoms with Gasteiger partial charge in [-0.2, -0.15) is 0 Å². The first-order chi connectivity index (χ1) is 14.0. The lowest BCUT2D eigenvalue weighted by molar-refractivity contribution is -0.113. The quantitative estimate of drug-likeness (QED) is 0.397. The fourth-order valence-electron chi connectivity index (χ4n) is 2.93. The number of nitrogens with zero attached hydrogens (tertiary/aromatic N) is 4. The Kier molecular flexibility index (Phi) is 5.84. The van der Waals surface area contributed by atoms with Gasteiger partial charge in [-0.15, -0.1) is 21.5 Å². The lowest BCUT2D eigenvalue weighted by Crippen LogP contribution is -2.15. The van der Waals surface area contributed by atoms with E-state index in [9.17, 15) is 4.79 Å². The fourth-order valence-corrected chi connectivity index (χ4v) is 4.85. The lowest BCUT2D eigenvalue weighted by atomic mass is 10.1. The van der Waals surface area contributed by atoms with Crippen LogP contribution in [0.15, 0.2) is 53.1 Å². The summed E-state index contributed by atoms with van der Waals surface area (Å²) >= 11 is 8.87. The number of aromatic nitrogens is 4. The number of carbonyl (C=O) groups is 1. The second-order valence-corrected chi connectivity index (χ2v) is 8.90. The normalized spacial score (nSPS) is 11.3. The molecule has 6 nitrogen and oxygen atoms in total. The van der Waals surface area contributed by atoms with E-state index in [-0.39, 0.29) is 17.7 Å². The Morgan fingerprint density at radius 2 is 2.07 bits per heavy atom. The molecule has 0 unspecified atom stereocenters. The van der Waals surface area contributed by atoms with Crippen LogP contribution in [-0.4, -0.2) is 31.4 Å². The van der Waals surface area contributed by atoms with E-state index in [4.69, 9.17) is 11.6 Å². The minimum atomic E-state index is -0.161. The summed E-state index contributed by atoms with van der Waals surface area (Å²) in [5, 5.41) is 16.1. The van der Waals surface area contributed by atoms with Crippen LogP contribution in [0.5, 0.6) is 0 Å². The van der Waals surface area contributed by atoms with Gasteiger partial charge in [-0.1, -0.05) is 41.6 Å². The van der Waals surface area contributed by atoms with Gasteiger partial charge in [0.15, 0.2) is 11.0 Å². The molecule has 0 aliphatic heterocycles. The Morgan fingerprint density at radius 3 is 2.83 bits per heavy atom. The molecule has 148 valence electrons. The third-order valence-electron chi connectivity index (χ3n) is 4.23. The van der Waals surface area contributed by atoms with E-state index < -0.39 is 0 Å². The summed E-state index contributed by atoms with van der Waals surface area (Å²) in [6.45, 7) is 4.17. The van der Waals surface area contributed by atoms with Gasteiger partial charge in [0.1, 0.15) is 5.82 Å². The van der Waals surface area contributed by atoms with Crippen molar-refractivity contribution in [3.63, 3.8) is 0 Å². The number of benzene rings is 1. The second-order valence-electron chi connectivity index (χ2n) is 6.61. The van der Waals surface area contributed by atoms with Crippen molar-refractivity contribution >= 4 is 56.5 Å². The summed E-state index contributed by atoms with van der Waals surface area (Å²) in [6, 6.07) is 11.8. The molecule has 29 heavy (non-hydrogen) atoms. The van der Waals surface area contributed by atoms with Gasteiger partial charge >= 0.3 is 0 Å². The summed E-state index contributed by atoms with van der Waals surface area (Å²) in [5.41, 5.74) is 1.06. The van der Waals surface area contributed by atoms with E-state index in [0.29, 0.717) is 16.0 Å². The number of fused-ring (bicyclic) bond motifs is 1. The molecule has 0 radical (unpaired) electrons. The zero-order chi connectivity index (χ0) is 20.4. The smallest absolute Gasteiger partial charge is 0.236 e. The van der Waals surface area contributed by atoms with E-state index in [1.54, 1.807) is 23.5 Å². The topological polar surface area (TPSA) is 72.7 Å². The van der Waals surface area contributed by atoms with Gasteiger partial charge in [0.2, 0.25) is 5.91 Å². The van der Waals surface area contributed by atoms with Crippen molar-refractivity contribution in [1.29, 1.82) is 0 Å². The number of carbonyl (C=O) groups excluding carboxylic acids is 1. The third-order valence-corrected chi connectivity index (χ3v) is 6.36.